The molecular formula is C65H71NO2S6. The van der Waals surface area contributed by atoms with Crippen molar-refractivity contribution in [3.8, 4) is 30.6 Å². The zero-order valence-electron chi connectivity index (χ0n) is 44.3. The van der Waals surface area contributed by atoms with Crippen LogP contribution in [0.2, 0.25) is 0 Å². The number of hydrogen-bond donors (Lipinski definition) is 0. The van der Waals surface area contributed by atoms with E-state index in [9.17, 15) is 9.59 Å². The van der Waals surface area contributed by atoms with Gasteiger partial charge in [-0.2, -0.15) is 0 Å². The Morgan fingerprint density at radius 3 is 1.65 bits per heavy atom. The highest BCUT2D eigenvalue weighted by Crippen LogP contribution is 2.59. The lowest BCUT2D eigenvalue weighted by atomic mass is 9.77. The van der Waals surface area contributed by atoms with Crippen molar-refractivity contribution in [2.45, 2.75) is 155 Å². The van der Waals surface area contributed by atoms with Crippen LogP contribution in [0.4, 0.5) is 0 Å². The Hall–Kier alpha value is -4.48. The molecular weight excluding hydrogens is 1020 g/mol. The van der Waals surface area contributed by atoms with Crippen molar-refractivity contribution in [2.75, 3.05) is 6.54 Å². The van der Waals surface area contributed by atoms with Gasteiger partial charge in [0.25, 0.3) is 11.8 Å². The van der Waals surface area contributed by atoms with Crippen LogP contribution in [0.25, 0.3) is 60.9 Å². The van der Waals surface area contributed by atoms with Crippen LogP contribution in [0.3, 0.4) is 0 Å². The molecule has 1 aliphatic rings. The van der Waals surface area contributed by atoms with Crippen molar-refractivity contribution in [1.82, 2.24) is 4.90 Å². The van der Waals surface area contributed by atoms with Gasteiger partial charge in [0, 0.05) is 88.2 Å². The SMILES string of the molecule is C=CCN1C(=O)c2sc3c(-c4cc5c(-c6ccc(CCCCCCCC)s6)c6sc(C(C)(CCC)c7ccccc7)cc6c(-c6ccc(CCCCCCCC)s6)c5s4)sc(C(C)(C)c4ccccc4)c3c2C1=O. The lowest BCUT2D eigenvalue weighted by Gasteiger charge is -2.29. The third kappa shape index (κ3) is 10.0. The van der Waals surface area contributed by atoms with Gasteiger partial charge in [-0.15, -0.1) is 74.6 Å². The number of carbonyl (C=O) groups excluding carboxylic acids is 2. The second kappa shape index (κ2) is 23.0. The highest BCUT2D eigenvalue weighted by Gasteiger charge is 2.43. The second-order valence-corrected chi connectivity index (χ2v) is 27.7. The quantitative estimate of drug-likeness (QED) is 0.0325. The monoisotopic (exact) mass is 1090 g/mol. The van der Waals surface area contributed by atoms with Gasteiger partial charge < -0.3 is 0 Å². The van der Waals surface area contributed by atoms with Crippen molar-refractivity contribution in [2.24, 2.45) is 0 Å². The van der Waals surface area contributed by atoms with Gasteiger partial charge in [0.2, 0.25) is 0 Å². The molecule has 1 aliphatic heterocycles. The lowest BCUT2D eigenvalue weighted by Crippen LogP contribution is -2.29. The minimum absolute atomic E-state index is 0.149. The summed E-state index contributed by atoms with van der Waals surface area (Å²) in [6.07, 6.45) is 21.5. The molecule has 1 unspecified atom stereocenters. The molecule has 3 aromatic carbocycles. The fourth-order valence-electron chi connectivity index (χ4n) is 11.4. The van der Waals surface area contributed by atoms with Gasteiger partial charge in [0.05, 0.1) is 15.1 Å². The number of imide groups is 1. The number of aryl methyl sites for hydroxylation is 2. The Kier molecular flexibility index (Phi) is 16.5. The standard InChI is InChI=1S/C65H71NO2S6/c1-8-12-14-16-18-26-32-44-34-36-48(69-44)52-46-40-50(58-59-54(55-60(73-59)63(68)66(39-11-4)62(55)67)61(74-58)64(5,6)42-28-22-20-23-29-42)71-56(46)53(49-37-35-45(70-49)33-27-19-17-15-13-9-2)47-41-51(72-57(47)52)65(7,38-10-3)43-30-24-21-25-31-43/h11,20-25,28-31,34-37,40-41H,4,8-10,12-19,26-27,32-33,38-39H2,1-3,5-7H3. The number of thiophene rings is 6. The number of amides is 2. The number of carbonyl (C=O) groups is 2. The van der Waals surface area contributed by atoms with Crippen LogP contribution in [-0.4, -0.2) is 23.3 Å². The molecule has 9 aromatic rings. The number of benzene rings is 3. The van der Waals surface area contributed by atoms with E-state index in [1.807, 2.05) is 56.7 Å². The normalized spacial score (nSPS) is 13.8. The molecule has 3 nitrogen and oxygen atoms in total. The highest BCUT2D eigenvalue weighted by molar-refractivity contribution is 7.32. The summed E-state index contributed by atoms with van der Waals surface area (Å²) in [7, 11) is 0. The molecule has 0 fully saturated rings. The van der Waals surface area contributed by atoms with Crippen LogP contribution in [-0.2, 0) is 23.7 Å². The van der Waals surface area contributed by atoms with Crippen LogP contribution in [0, 0.1) is 0 Å². The second-order valence-electron chi connectivity index (χ2n) is 21.2. The van der Waals surface area contributed by atoms with Crippen LogP contribution >= 0.6 is 68.0 Å². The Balaban J connectivity index is 1.21. The average Bonchev–Trinajstić information content (AvgIpc) is 4.30. The summed E-state index contributed by atoms with van der Waals surface area (Å²) in [5.74, 6) is -0.422. The molecule has 0 N–H and O–H groups in total. The predicted octanol–water partition coefficient (Wildman–Crippen LogP) is 21.5. The Morgan fingerprint density at radius 1 is 0.514 bits per heavy atom. The molecule has 0 spiro atoms. The smallest absolute Gasteiger partial charge is 0.270 e. The van der Waals surface area contributed by atoms with Crippen molar-refractivity contribution in [3.05, 3.63) is 151 Å². The van der Waals surface area contributed by atoms with Crippen molar-refractivity contribution >= 4 is 110 Å². The fraction of sp³-hybridized carbons (Fsp3) is 0.385. The van der Waals surface area contributed by atoms with Gasteiger partial charge in [-0.3, -0.25) is 14.5 Å². The van der Waals surface area contributed by atoms with E-state index in [2.05, 4.69) is 145 Å². The van der Waals surface area contributed by atoms with E-state index in [1.165, 1.54) is 165 Å². The number of unbranched alkanes of at least 4 members (excludes halogenated alkanes) is 10. The van der Waals surface area contributed by atoms with Crippen LogP contribution in [0.15, 0.2) is 110 Å². The maximum absolute atomic E-state index is 14.4. The largest absolute Gasteiger partial charge is 0.271 e. The third-order valence-electron chi connectivity index (χ3n) is 15.6. The van der Waals surface area contributed by atoms with Crippen LogP contribution < -0.4 is 0 Å². The van der Waals surface area contributed by atoms with E-state index in [0.29, 0.717) is 10.4 Å². The Morgan fingerprint density at radius 2 is 1.07 bits per heavy atom. The zero-order valence-corrected chi connectivity index (χ0v) is 49.2. The highest BCUT2D eigenvalue weighted by atomic mass is 32.1. The van der Waals surface area contributed by atoms with Crippen LogP contribution in [0.5, 0.6) is 0 Å². The topological polar surface area (TPSA) is 37.4 Å². The summed E-state index contributed by atoms with van der Waals surface area (Å²) in [5, 5.41) is 3.60. The molecule has 0 radical (unpaired) electrons. The summed E-state index contributed by atoms with van der Waals surface area (Å²) in [6.45, 7) is 18.0. The van der Waals surface area contributed by atoms with Gasteiger partial charge >= 0.3 is 0 Å². The first-order chi connectivity index (χ1) is 36.0. The summed E-state index contributed by atoms with van der Waals surface area (Å²) >= 11 is 11.3. The lowest BCUT2D eigenvalue weighted by molar-refractivity contribution is 0.0674. The molecule has 1 atom stereocenters. The molecule has 10 rings (SSSR count). The number of fused-ring (bicyclic) bond motifs is 5. The molecule has 9 heteroatoms. The minimum Gasteiger partial charge on any atom is -0.270 e. The van der Waals surface area contributed by atoms with E-state index in [0.717, 1.165) is 45.5 Å². The van der Waals surface area contributed by atoms with Gasteiger partial charge in [0.15, 0.2) is 0 Å². The molecule has 0 saturated carbocycles. The van der Waals surface area contributed by atoms with Gasteiger partial charge in [-0.1, -0.05) is 179 Å². The molecule has 2 amide bonds. The average molecular weight is 1090 g/mol. The Bertz CT molecular complexity index is 3320. The van der Waals surface area contributed by atoms with Gasteiger partial charge in [-0.25, -0.2) is 0 Å². The van der Waals surface area contributed by atoms with Crippen molar-refractivity contribution < 1.29 is 9.59 Å². The van der Waals surface area contributed by atoms with Gasteiger partial charge in [0.1, 0.15) is 4.88 Å². The summed E-state index contributed by atoms with van der Waals surface area (Å²) in [6, 6.07) is 36.7. The van der Waals surface area contributed by atoms with Gasteiger partial charge in [-0.05, 0) is 79.6 Å². The first kappa shape index (κ1) is 52.9. The van der Waals surface area contributed by atoms with Crippen molar-refractivity contribution in [1.29, 1.82) is 0 Å². The first-order valence-corrected chi connectivity index (χ1v) is 32.3. The molecule has 6 aromatic heterocycles. The van der Waals surface area contributed by atoms with E-state index < -0.39 is 5.41 Å². The summed E-state index contributed by atoms with van der Waals surface area (Å²) < 4.78 is 3.74. The molecule has 0 bridgehead atoms. The molecule has 384 valence electrons. The summed E-state index contributed by atoms with van der Waals surface area (Å²) in [4.78, 5) is 41.0. The Labute approximate surface area is 464 Å². The number of nitrogens with zero attached hydrogens (tertiary/aromatic N) is 1. The van der Waals surface area contributed by atoms with E-state index in [-0.39, 0.29) is 23.8 Å². The molecule has 7 heterocycles. The molecule has 0 saturated heterocycles. The first-order valence-electron chi connectivity index (χ1n) is 27.4. The van der Waals surface area contributed by atoms with Crippen molar-refractivity contribution in [3.63, 3.8) is 0 Å². The zero-order chi connectivity index (χ0) is 51.6. The molecule has 74 heavy (non-hydrogen) atoms. The fourth-order valence-corrected chi connectivity index (χ4v) is 19.5. The van der Waals surface area contributed by atoms with E-state index in [1.54, 1.807) is 6.08 Å². The predicted molar refractivity (Wildman–Crippen MR) is 329 cm³/mol. The minimum atomic E-state index is -0.435. The maximum atomic E-state index is 14.4. The van der Waals surface area contributed by atoms with Crippen LogP contribution in [0.1, 0.15) is 182 Å². The number of rotatable bonds is 25. The summed E-state index contributed by atoms with van der Waals surface area (Å²) in [5.41, 5.74) is 5.24. The van der Waals surface area contributed by atoms with E-state index >= 15 is 0 Å². The third-order valence-corrected chi connectivity index (χ3v) is 23.5. The maximum Gasteiger partial charge on any atom is 0.271 e. The molecule has 0 aliphatic carbocycles. The van der Waals surface area contributed by atoms with E-state index in [4.69, 9.17) is 0 Å². The number of hydrogen-bond acceptors (Lipinski definition) is 8.